The molecule has 1 N–H and O–H groups in total. The summed E-state index contributed by atoms with van der Waals surface area (Å²) in [6, 6.07) is 20.8. The summed E-state index contributed by atoms with van der Waals surface area (Å²) in [5, 5.41) is 2.64. The number of amides is 1. The maximum Gasteiger partial charge on any atom is 0.344 e. The molecule has 0 radical (unpaired) electrons. The Morgan fingerprint density at radius 3 is 2.00 bits per heavy atom. The van der Waals surface area contributed by atoms with Crippen LogP contribution in [0.5, 0.6) is 17.2 Å². The lowest BCUT2D eigenvalue weighted by Gasteiger charge is -2.09. The number of anilines is 1. The van der Waals surface area contributed by atoms with E-state index in [0.717, 1.165) is 11.3 Å². The minimum absolute atomic E-state index is 0.348. The van der Waals surface area contributed by atoms with Gasteiger partial charge >= 0.3 is 5.97 Å². The van der Waals surface area contributed by atoms with Gasteiger partial charge < -0.3 is 19.5 Å². The van der Waals surface area contributed by atoms with Gasteiger partial charge in [-0.1, -0.05) is 17.7 Å². The fraction of sp³-hybridized carbons (Fsp3) is 0.125. The molecule has 31 heavy (non-hydrogen) atoms. The Hall–Kier alpha value is -4.13. The van der Waals surface area contributed by atoms with Gasteiger partial charge in [-0.2, -0.15) is 0 Å². The van der Waals surface area contributed by atoms with Gasteiger partial charge in [0, 0.05) is 11.3 Å². The monoisotopic (exact) mass is 419 g/mol. The van der Waals surface area contributed by atoms with Crippen molar-refractivity contribution >= 4 is 23.9 Å². The molecule has 7 heteroatoms. The molecule has 0 fully saturated rings. The number of hydrogen-bond acceptors (Lipinski definition) is 6. The molecule has 0 aliphatic carbocycles. The van der Waals surface area contributed by atoms with Crippen molar-refractivity contribution < 1.29 is 28.6 Å². The predicted molar refractivity (Wildman–Crippen MR) is 115 cm³/mol. The van der Waals surface area contributed by atoms with Gasteiger partial charge in [0.1, 0.15) is 23.5 Å². The highest BCUT2D eigenvalue weighted by Gasteiger charge is 2.09. The van der Waals surface area contributed by atoms with Gasteiger partial charge in [-0.25, -0.2) is 4.79 Å². The first-order chi connectivity index (χ1) is 15.0. The quantitative estimate of drug-likeness (QED) is 0.414. The van der Waals surface area contributed by atoms with E-state index in [9.17, 15) is 14.4 Å². The molecule has 0 saturated carbocycles. The molecule has 0 aliphatic heterocycles. The third-order valence-electron chi connectivity index (χ3n) is 4.13. The molecule has 7 nitrogen and oxygen atoms in total. The van der Waals surface area contributed by atoms with Crippen molar-refractivity contribution in [2.24, 2.45) is 0 Å². The van der Waals surface area contributed by atoms with Gasteiger partial charge in [-0.3, -0.25) is 9.59 Å². The summed E-state index contributed by atoms with van der Waals surface area (Å²) < 4.78 is 15.9. The van der Waals surface area contributed by atoms with E-state index in [-0.39, 0.29) is 6.61 Å². The summed E-state index contributed by atoms with van der Waals surface area (Å²) >= 11 is 0. The van der Waals surface area contributed by atoms with Gasteiger partial charge in [0.25, 0.3) is 5.91 Å². The Kier molecular flexibility index (Phi) is 7.37. The number of carbonyl (C=O) groups excluding carboxylic acids is 3. The van der Waals surface area contributed by atoms with E-state index in [4.69, 9.17) is 14.2 Å². The van der Waals surface area contributed by atoms with Crippen molar-refractivity contribution in [1.29, 1.82) is 0 Å². The minimum Gasteiger partial charge on any atom is -0.482 e. The summed E-state index contributed by atoms with van der Waals surface area (Å²) in [7, 11) is 0. The van der Waals surface area contributed by atoms with E-state index in [2.05, 4.69) is 5.32 Å². The summed E-state index contributed by atoms with van der Waals surface area (Å²) in [6.45, 7) is 1.22. The molecule has 0 aromatic heterocycles. The summed E-state index contributed by atoms with van der Waals surface area (Å²) in [4.78, 5) is 34.3. The van der Waals surface area contributed by atoms with Crippen LogP contribution in [0.15, 0.2) is 72.8 Å². The maximum atomic E-state index is 12.0. The number of rotatable bonds is 9. The van der Waals surface area contributed by atoms with Crippen LogP contribution in [-0.4, -0.2) is 31.4 Å². The Labute approximate surface area is 179 Å². The number of aryl methyl sites for hydroxylation is 1. The molecule has 3 aromatic carbocycles. The molecule has 0 bridgehead atoms. The number of benzene rings is 3. The number of aldehydes is 1. The first kappa shape index (κ1) is 21.6. The molecule has 0 unspecified atom stereocenters. The molecule has 0 atom stereocenters. The van der Waals surface area contributed by atoms with Gasteiger partial charge in [-0.15, -0.1) is 0 Å². The lowest BCUT2D eigenvalue weighted by atomic mass is 10.2. The minimum atomic E-state index is -0.684. The zero-order chi connectivity index (χ0) is 22.1. The van der Waals surface area contributed by atoms with Gasteiger partial charge in [-0.05, 0) is 67.6 Å². The van der Waals surface area contributed by atoms with Crippen LogP contribution < -0.4 is 14.8 Å². The van der Waals surface area contributed by atoms with Crippen LogP contribution in [0.25, 0.3) is 0 Å². The lowest BCUT2D eigenvalue weighted by Crippen LogP contribution is -2.23. The number of hydrogen-bond donors (Lipinski definition) is 1. The van der Waals surface area contributed by atoms with E-state index < -0.39 is 18.5 Å². The zero-order valence-electron chi connectivity index (χ0n) is 16.9. The zero-order valence-corrected chi connectivity index (χ0v) is 16.9. The number of nitrogens with one attached hydrogen (secondary N) is 1. The second kappa shape index (κ2) is 10.6. The Balaban J connectivity index is 1.39. The summed E-state index contributed by atoms with van der Waals surface area (Å²) in [6.07, 6.45) is 0.710. The molecule has 0 heterocycles. The van der Waals surface area contributed by atoms with Crippen LogP contribution in [-0.2, 0) is 14.3 Å². The molecule has 1 amide bonds. The molecule has 0 aliphatic rings. The average molecular weight is 419 g/mol. The standard InChI is InChI=1S/C24H21NO6/c1-17-2-8-21(9-3-17)31-22-12-6-19(7-13-22)25-23(27)15-30-24(28)16-29-20-10-4-18(14-26)5-11-20/h2-14H,15-16H2,1H3,(H,25,27). The maximum absolute atomic E-state index is 12.0. The second-order valence-corrected chi connectivity index (χ2v) is 6.62. The van der Waals surface area contributed by atoms with Crippen molar-refractivity contribution in [3.05, 3.63) is 83.9 Å². The fourth-order valence-corrected chi connectivity index (χ4v) is 2.52. The van der Waals surface area contributed by atoms with Crippen molar-refractivity contribution in [2.45, 2.75) is 6.92 Å². The largest absolute Gasteiger partial charge is 0.482 e. The third-order valence-corrected chi connectivity index (χ3v) is 4.13. The van der Waals surface area contributed by atoms with E-state index in [0.29, 0.717) is 29.0 Å². The molecule has 3 aromatic rings. The van der Waals surface area contributed by atoms with Gasteiger partial charge in [0.15, 0.2) is 13.2 Å². The Morgan fingerprint density at radius 1 is 0.806 bits per heavy atom. The SMILES string of the molecule is Cc1ccc(Oc2ccc(NC(=O)COC(=O)COc3ccc(C=O)cc3)cc2)cc1. The van der Waals surface area contributed by atoms with Crippen LogP contribution >= 0.6 is 0 Å². The summed E-state index contributed by atoms with van der Waals surface area (Å²) in [5.74, 6) is 0.607. The second-order valence-electron chi connectivity index (χ2n) is 6.62. The van der Waals surface area contributed by atoms with Crippen LogP contribution in [0, 0.1) is 6.92 Å². The van der Waals surface area contributed by atoms with Crippen molar-refractivity contribution in [1.82, 2.24) is 0 Å². The molecule has 0 spiro atoms. The van der Waals surface area contributed by atoms with Crippen LogP contribution in [0.2, 0.25) is 0 Å². The van der Waals surface area contributed by atoms with Crippen LogP contribution in [0.4, 0.5) is 5.69 Å². The van der Waals surface area contributed by atoms with E-state index in [1.54, 1.807) is 48.5 Å². The molecule has 3 rings (SSSR count). The van der Waals surface area contributed by atoms with Gasteiger partial charge in [0.2, 0.25) is 0 Å². The predicted octanol–water partition coefficient (Wildman–Crippen LogP) is 4.16. The number of carbonyl (C=O) groups is 3. The summed E-state index contributed by atoms with van der Waals surface area (Å²) in [5.41, 5.74) is 2.19. The fourth-order valence-electron chi connectivity index (χ4n) is 2.52. The highest BCUT2D eigenvalue weighted by molar-refractivity contribution is 5.92. The first-order valence-corrected chi connectivity index (χ1v) is 9.50. The molecular formula is C24H21NO6. The number of esters is 1. The van der Waals surface area contributed by atoms with Crippen molar-refractivity contribution in [2.75, 3.05) is 18.5 Å². The highest BCUT2D eigenvalue weighted by atomic mass is 16.6. The van der Waals surface area contributed by atoms with E-state index in [1.807, 2.05) is 31.2 Å². The van der Waals surface area contributed by atoms with Gasteiger partial charge in [0.05, 0.1) is 0 Å². The first-order valence-electron chi connectivity index (χ1n) is 9.50. The smallest absolute Gasteiger partial charge is 0.344 e. The normalized spacial score (nSPS) is 10.1. The lowest BCUT2D eigenvalue weighted by molar-refractivity contribution is -0.149. The molecule has 0 saturated heterocycles. The van der Waals surface area contributed by atoms with Crippen molar-refractivity contribution in [3.63, 3.8) is 0 Å². The Morgan fingerprint density at radius 2 is 1.39 bits per heavy atom. The Bertz CT molecular complexity index is 1030. The van der Waals surface area contributed by atoms with Crippen LogP contribution in [0.3, 0.4) is 0 Å². The topological polar surface area (TPSA) is 90.9 Å². The van der Waals surface area contributed by atoms with Crippen molar-refractivity contribution in [3.8, 4) is 17.2 Å². The van der Waals surface area contributed by atoms with E-state index >= 15 is 0 Å². The highest BCUT2D eigenvalue weighted by Crippen LogP contribution is 2.23. The van der Waals surface area contributed by atoms with Crippen LogP contribution in [0.1, 0.15) is 15.9 Å². The number of ether oxygens (including phenoxy) is 3. The third kappa shape index (κ3) is 7.01. The molecule has 158 valence electrons. The van der Waals surface area contributed by atoms with E-state index in [1.165, 1.54) is 0 Å². The molecular weight excluding hydrogens is 398 g/mol. The average Bonchev–Trinajstić information content (AvgIpc) is 2.79.